The van der Waals surface area contributed by atoms with E-state index < -0.39 is 0 Å². The Balaban J connectivity index is 0.00000162. The summed E-state index contributed by atoms with van der Waals surface area (Å²) in [5, 5.41) is 8.51. The molecule has 0 aromatic carbocycles. The zero-order valence-electron chi connectivity index (χ0n) is 10.6. The number of carbonyl (C=O) groups excluding carboxylic acids is 1. The van der Waals surface area contributed by atoms with Crippen molar-refractivity contribution in [1.82, 2.24) is 10.6 Å². The topological polar surface area (TPSA) is 41.1 Å². The average Bonchev–Trinajstić information content (AvgIpc) is 2.80. The Hall–Kier alpha value is -0.230. The van der Waals surface area contributed by atoms with Crippen LogP contribution in [0.2, 0.25) is 0 Å². The van der Waals surface area contributed by atoms with Crippen LogP contribution in [0.1, 0.15) is 29.4 Å². The number of nitrogens with one attached hydrogen (secondary N) is 2. The van der Waals surface area contributed by atoms with E-state index in [0.717, 1.165) is 29.2 Å². The highest BCUT2D eigenvalue weighted by molar-refractivity contribution is 7.98. The van der Waals surface area contributed by atoms with E-state index in [4.69, 9.17) is 0 Å². The summed E-state index contributed by atoms with van der Waals surface area (Å²) < 4.78 is 0. The van der Waals surface area contributed by atoms with Gasteiger partial charge in [-0.25, -0.2) is 0 Å². The molecule has 1 aliphatic rings. The lowest BCUT2D eigenvalue weighted by Crippen LogP contribution is -2.51. The fraction of sp³-hybridized carbons (Fsp3) is 0.583. The Morgan fingerprint density at radius 3 is 3.06 bits per heavy atom. The summed E-state index contributed by atoms with van der Waals surface area (Å²) >= 11 is 3.15. The van der Waals surface area contributed by atoms with E-state index in [1.165, 1.54) is 11.3 Å². The lowest BCUT2D eigenvalue weighted by Gasteiger charge is -2.30. The number of hydrogen-bond donors (Lipinski definition) is 2. The molecule has 0 bridgehead atoms. The van der Waals surface area contributed by atoms with Crippen LogP contribution in [0, 0.1) is 0 Å². The quantitative estimate of drug-likeness (QED) is 0.844. The van der Waals surface area contributed by atoms with Gasteiger partial charge in [0.15, 0.2) is 0 Å². The van der Waals surface area contributed by atoms with Gasteiger partial charge >= 0.3 is 0 Å². The van der Waals surface area contributed by atoms with Crippen molar-refractivity contribution in [2.24, 2.45) is 0 Å². The predicted molar refractivity (Wildman–Crippen MR) is 81.3 cm³/mol. The van der Waals surface area contributed by atoms with Gasteiger partial charge < -0.3 is 10.6 Å². The molecule has 1 saturated heterocycles. The highest BCUT2D eigenvalue weighted by Crippen LogP contribution is 2.25. The second-order valence-electron chi connectivity index (χ2n) is 4.28. The highest BCUT2D eigenvalue weighted by atomic mass is 35.5. The second kappa shape index (κ2) is 7.38. The van der Waals surface area contributed by atoms with Gasteiger partial charge in [-0.1, -0.05) is 0 Å². The summed E-state index contributed by atoms with van der Waals surface area (Å²) in [6.07, 6.45) is 4.21. The minimum absolute atomic E-state index is 0. The fourth-order valence-electron chi connectivity index (χ4n) is 2.10. The van der Waals surface area contributed by atoms with Crippen LogP contribution in [0.3, 0.4) is 0 Å². The molecule has 6 heteroatoms. The molecule has 1 fully saturated rings. The third-order valence-corrected chi connectivity index (χ3v) is 4.96. The van der Waals surface area contributed by atoms with Crippen molar-refractivity contribution in [3.63, 3.8) is 0 Å². The normalized spacial score (nSPS) is 23.2. The largest absolute Gasteiger partial charge is 0.347 e. The van der Waals surface area contributed by atoms with Gasteiger partial charge in [-0.15, -0.1) is 35.5 Å². The Kier molecular flexibility index (Phi) is 6.49. The molecule has 0 radical (unpaired) electrons. The summed E-state index contributed by atoms with van der Waals surface area (Å²) in [6.45, 7) is 3.19. The third-order valence-electron chi connectivity index (χ3n) is 3.13. The van der Waals surface area contributed by atoms with E-state index in [9.17, 15) is 4.79 Å². The molecule has 1 amide bonds. The lowest BCUT2D eigenvalue weighted by molar-refractivity contribution is 0.0921. The zero-order valence-corrected chi connectivity index (χ0v) is 13.0. The van der Waals surface area contributed by atoms with Crippen LogP contribution in [0.25, 0.3) is 0 Å². The van der Waals surface area contributed by atoms with Crippen molar-refractivity contribution in [1.29, 1.82) is 0 Å². The number of rotatable bonds is 3. The van der Waals surface area contributed by atoms with Gasteiger partial charge in [0.1, 0.15) is 4.88 Å². The van der Waals surface area contributed by atoms with Crippen molar-refractivity contribution >= 4 is 41.4 Å². The fourth-order valence-corrected chi connectivity index (χ4v) is 3.75. The number of piperidine rings is 1. The van der Waals surface area contributed by atoms with Gasteiger partial charge in [-0.3, -0.25) is 4.79 Å². The SMILES string of the molecule is CSc1ccsc1C(=O)NC1CCCNC1C.Cl. The minimum Gasteiger partial charge on any atom is -0.347 e. The van der Waals surface area contributed by atoms with E-state index in [1.807, 2.05) is 17.7 Å². The molecule has 0 aliphatic carbocycles. The molecule has 1 aromatic heterocycles. The molecule has 102 valence electrons. The first-order chi connectivity index (χ1) is 8.22. The van der Waals surface area contributed by atoms with Gasteiger partial charge in [0.05, 0.1) is 0 Å². The summed E-state index contributed by atoms with van der Waals surface area (Å²) in [6, 6.07) is 2.63. The van der Waals surface area contributed by atoms with Gasteiger partial charge in [0.2, 0.25) is 0 Å². The van der Waals surface area contributed by atoms with E-state index in [0.29, 0.717) is 6.04 Å². The van der Waals surface area contributed by atoms with Crippen LogP contribution >= 0.6 is 35.5 Å². The molecule has 2 unspecified atom stereocenters. The van der Waals surface area contributed by atoms with Crippen molar-refractivity contribution in [2.75, 3.05) is 12.8 Å². The molecule has 1 aliphatic heterocycles. The molecule has 2 heterocycles. The maximum atomic E-state index is 12.2. The first kappa shape index (κ1) is 15.8. The number of thiophene rings is 1. The first-order valence-corrected chi connectivity index (χ1v) is 7.98. The van der Waals surface area contributed by atoms with Gasteiger partial charge in [0.25, 0.3) is 5.91 Å². The highest BCUT2D eigenvalue weighted by Gasteiger charge is 2.24. The van der Waals surface area contributed by atoms with Crippen molar-refractivity contribution in [3.8, 4) is 0 Å². The molecule has 18 heavy (non-hydrogen) atoms. The molecule has 0 saturated carbocycles. The smallest absolute Gasteiger partial charge is 0.262 e. The standard InChI is InChI=1S/C12H18N2OS2.ClH/c1-8-9(4-3-6-13-8)14-12(15)11-10(16-2)5-7-17-11;/h5,7-9,13H,3-4,6H2,1-2H3,(H,14,15);1H. The van der Waals surface area contributed by atoms with E-state index in [-0.39, 0.29) is 24.4 Å². The van der Waals surface area contributed by atoms with E-state index in [2.05, 4.69) is 17.6 Å². The molecule has 2 N–H and O–H groups in total. The number of carbonyl (C=O) groups is 1. The third kappa shape index (κ3) is 3.63. The van der Waals surface area contributed by atoms with Crippen LogP contribution in [0.4, 0.5) is 0 Å². The summed E-state index contributed by atoms with van der Waals surface area (Å²) in [4.78, 5) is 14.1. The number of hydrogen-bond acceptors (Lipinski definition) is 4. The average molecular weight is 307 g/mol. The minimum atomic E-state index is 0. The summed E-state index contributed by atoms with van der Waals surface area (Å²) in [5.41, 5.74) is 0. The van der Waals surface area contributed by atoms with Crippen LogP contribution in [-0.4, -0.2) is 30.8 Å². The first-order valence-electron chi connectivity index (χ1n) is 5.88. The van der Waals surface area contributed by atoms with Crippen molar-refractivity contribution < 1.29 is 4.79 Å². The van der Waals surface area contributed by atoms with Crippen LogP contribution in [0.5, 0.6) is 0 Å². The Labute approximate surface area is 123 Å². The van der Waals surface area contributed by atoms with E-state index >= 15 is 0 Å². The Morgan fingerprint density at radius 1 is 1.61 bits per heavy atom. The number of halogens is 1. The van der Waals surface area contributed by atoms with Crippen LogP contribution in [0.15, 0.2) is 16.3 Å². The maximum absolute atomic E-state index is 12.2. The molecular formula is C12H19ClN2OS2. The molecule has 3 nitrogen and oxygen atoms in total. The number of amides is 1. The predicted octanol–water partition coefficient (Wildman–Crippen LogP) is 2.76. The van der Waals surface area contributed by atoms with E-state index in [1.54, 1.807) is 11.8 Å². The lowest BCUT2D eigenvalue weighted by atomic mass is 10.00. The second-order valence-corrected chi connectivity index (χ2v) is 6.05. The van der Waals surface area contributed by atoms with Crippen LogP contribution in [-0.2, 0) is 0 Å². The van der Waals surface area contributed by atoms with Gasteiger partial charge in [-0.05, 0) is 44.0 Å². The monoisotopic (exact) mass is 306 g/mol. The van der Waals surface area contributed by atoms with Crippen molar-refractivity contribution in [3.05, 3.63) is 16.3 Å². The Bertz CT molecular complexity index is 397. The molecule has 0 spiro atoms. The van der Waals surface area contributed by atoms with Gasteiger partial charge in [0, 0.05) is 17.0 Å². The molecular weight excluding hydrogens is 288 g/mol. The Morgan fingerprint density at radius 2 is 2.39 bits per heavy atom. The van der Waals surface area contributed by atoms with Gasteiger partial charge in [-0.2, -0.15) is 0 Å². The zero-order chi connectivity index (χ0) is 12.3. The number of thioether (sulfide) groups is 1. The maximum Gasteiger partial charge on any atom is 0.262 e. The summed E-state index contributed by atoms with van der Waals surface area (Å²) in [7, 11) is 0. The van der Waals surface area contributed by atoms with Crippen molar-refractivity contribution in [2.45, 2.75) is 36.7 Å². The molecule has 2 atom stereocenters. The molecule has 1 aromatic rings. The summed E-state index contributed by atoms with van der Waals surface area (Å²) in [5.74, 6) is 0.0740. The molecule has 2 rings (SSSR count). The van der Waals surface area contributed by atoms with Crippen LogP contribution < -0.4 is 10.6 Å².